The number of nitrogens with one attached hydrogen (secondary N) is 2. The van der Waals surface area contributed by atoms with Crippen molar-refractivity contribution in [2.75, 3.05) is 39.4 Å². The Labute approximate surface area is 151 Å². The Bertz CT molecular complexity index is 748. The number of hydrogen-bond donors (Lipinski definition) is 2. The highest BCUT2D eigenvalue weighted by molar-refractivity contribution is 7.89. The minimum absolute atomic E-state index is 0.000277. The van der Waals surface area contributed by atoms with E-state index in [1.54, 1.807) is 6.92 Å². The molecule has 25 heavy (non-hydrogen) atoms. The fourth-order valence-electron chi connectivity index (χ4n) is 2.29. The first-order chi connectivity index (χ1) is 11.9. The monoisotopic (exact) mass is 389 g/mol. The summed E-state index contributed by atoms with van der Waals surface area (Å²) in [6.07, 6.45) is 0. The number of nitrogens with zero attached hydrogens (tertiary/aromatic N) is 1. The fraction of sp³-hybridized carbons (Fsp3) is 0.467. The molecule has 0 aromatic heterocycles. The molecular weight excluding hydrogens is 370 g/mol. The van der Waals surface area contributed by atoms with Crippen LogP contribution in [0, 0.1) is 0 Å². The molecule has 0 bridgehead atoms. The van der Waals surface area contributed by atoms with Crippen molar-refractivity contribution in [1.29, 1.82) is 0 Å². The third-order valence-electron chi connectivity index (χ3n) is 3.57. The van der Waals surface area contributed by atoms with E-state index in [1.165, 1.54) is 22.5 Å². The highest BCUT2D eigenvalue weighted by Gasteiger charge is 2.27. The molecule has 2 amide bonds. The molecule has 1 aromatic rings. The van der Waals surface area contributed by atoms with Gasteiger partial charge in [0.1, 0.15) is 0 Å². The van der Waals surface area contributed by atoms with E-state index in [2.05, 4.69) is 10.6 Å². The van der Waals surface area contributed by atoms with Crippen molar-refractivity contribution < 1.29 is 22.7 Å². The fourth-order valence-corrected chi connectivity index (χ4v) is 3.93. The first-order valence-electron chi connectivity index (χ1n) is 7.78. The van der Waals surface area contributed by atoms with Crippen molar-refractivity contribution in [3.05, 3.63) is 28.8 Å². The lowest BCUT2D eigenvalue weighted by atomic mass is 10.2. The molecule has 2 N–H and O–H groups in total. The maximum Gasteiger partial charge on any atom is 0.253 e. The van der Waals surface area contributed by atoms with Gasteiger partial charge in [0, 0.05) is 19.6 Å². The molecule has 0 unspecified atom stereocenters. The molecule has 1 aromatic carbocycles. The number of rotatable bonds is 6. The molecule has 8 nitrogen and oxygen atoms in total. The van der Waals surface area contributed by atoms with Gasteiger partial charge in [-0.15, -0.1) is 0 Å². The van der Waals surface area contributed by atoms with E-state index in [1.807, 2.05) is 0 Å². The van der Waals surface area contributed by atoms with Crippen LogP contribution >= 0.6 is 11.6 Å². The number of sulfonamides is 1. The van der Waals surface area contributed by atoms with Gasteiger partial charge < -0.3 is 15.4 Å². The molecule has 0 spiro atoms. The van der Waals surface area contributed by atoms with Crippen molar-refractivity contribution in [3.63, 3.8) is 0 Å². The summed E-state index contributed by atoms with van der Waals surface area (Å²) in [6.45, 7) is 3.15. The molecular formula is C15H20ClN3O5S. The van der Waals surface area contributed by atoms with Crippen molar-refractivity contribution in [3.8, 4) is 0 Å². The van der Waals surface area contributed by atoms with E-state index in [-0.39, 0.29) is 41.0 Å². The molecule has 2 rings (SSSR count). The highest BCUT2D eigenvalue weighted by atomic mass is 35.5. The van der Waals surface area contributed by atoms with Crippen LogP contribution in [-0.2, 0) is 19.6 Å². The number of carbonyl (C=O) groups is 2. The van der Waals surface area contributed by atoms with Gasteiger partial charge in [0.25, 0.3) is 5.91 Å². The summed E-state index contributed by atoms with van der Waals surface area (Å²) in [5.74, 6) is -0.959. The maximum atomic E-state index is 12.7. The van der Waals surface area contributed by atoms with Crippen LogP contribution in [0.2, 0.25) is 5.02 Å². The van der Waals surface area contributed by atoms with Crippen molar-refractivity contribution in [2.24, 2.45) is 0 Å². The molecule has 1 saturated heterocycles. The number of ether oxygens (including phenoxy) is 1. The third-order valence-corrected chi connectivity index (χ3v) is 5.80. The zero-order valence-corrected chi connectivity index (χ0v) is 15.3. The van der Waals surface area contributed by atoms with Crippen LogP contribution in [0.3, 0.4) is 0 Å². The molecule has 1 aliphatic rings. The Balaban J connectivity index is 2.19. The number of likely N-dealkylation sites (N-methyl/N-ethyl adjacent to an activating group) is 1. The van der Waals surface area contributed by atoms with Crippen LogP contribution in [0.15, 0.2) is 23.1 Å². The number of carbonyl (C=O) groups excluding carboxylic acids is 2. The minimum Gasteiger partial charge on any atom is -0.379 e. The van der Waals surface area contributed by atoms with Gasteiger partial charge in [-0.3, -0.25) is 9.59 Å². The van der Waals surface area contributed by atoms with E-state index in [0.29, 0.717) is 19.8 Å². The lowest BCUT2D eigenvalue weighted by Gasteiger charge is -2.26. The Morgan fingerprint density at radius 1 is 1.24 bits per heavy atom. The smallest absolute Gasteiger partial charge is 0.253 e. The predicted molar refractivity (Wildman–Crippen MR) is 92.0 cm³/mol. The predicted octanol–water partition coefficient (Wildman–Crippen LogP) is 0.227. The SMILES string of the molecule is CCNC(=O)CNC(=O)c1cc(S(=O)(=O)N2CCOCC2)ccc1Cl. The van der Waals surface area contributed by atoms with Gasteiger partial charge in [0.2, 0.25) is 15.9 Å². The van der Waals surface area contributed by atoms with Crippen LogP contribution in [0.4, 0.5) is 0 Å². The Morgan fingerprint density at radius 2 is 1.92 bits per heavy atom. The second kappa shape index (κ2) is 8.61. The lowest BCUT2D eigenvalue weighted by molar-refractivity contribution is -0.120. The molecule has 1 heterocycles. The van der Waals surface area contributed by atoms with Gasteiger partial charge >= 0.3 is 0 Å². The van der Waals surface area contributed by atoms with E-state index in [0.717, 1.165) is 0 Å². The summed E-state index contributed by atoms with van der Waals surface area (Å²) in [4.78, 5) is 23.6. The molecule has 0 aliphatic carbocycles. The summed E-state index contributed by atoms with van der Waals surface area (Å²) in [7, 11) is -3.74. The topological polar surface area (TPSA) is 105 Å². The van der Waals surface area contributed by atoms with E-state index in [9.17, 15) is 18.0 Å². The first-order valence-corrected chi connectivity index (χ1v) is 9.60. The molecule has 0 radical (unpaired) electrons. The Hall–Kier alpha value is -1.68. The van der Waals surface area contributed by atoms with Crippen molar-refractivity contribution in [2.45, 2.75) is 11.8 Å². The van der Waals surface area contributed by atoms with Gasteiger partial charge in [-0.05, 0) is 25.1 Å². The Morgan fingerprint density at radius 3 is 2.56 bits per heavy atom. The minimum atomic E-state index is -3.74. The lowest BCUT2D eigenvalue weighted by Crippen LogP contribution is -2.40. The average molecular weight is 390 g/mol. The maximum absolute atomic E-state index is 12.7. The van der Waals surface area contributed by atoms with Crippen molar-refractivity contribution in [1.82, 2.24) is 14.9 Å². The van der Waals surface area contributed by atoms with Crippen molar-refractivity contribution >= 4 is 33.4 Å². The van der Waals surface area contributed by atoms with Gasteiger partial charge in [-0.1, -0.05) is 11.6 Å². The normalized spacial score (nSPS) is 15.6. The van der Waals surface area contributed by atoms with E-state index >= 15 is 0 Å². The summed E-state index contributed by atoms with van der Waals surface area (Å²) in [5.41, 5.74) is 0.000277. The van der Waals surface area contributed by atoms with Crippen LogP contribution < -0.4 is 10.6 Å². The molecule has 1 fully saturated rings. The first kappa shape index (κ1) is 19.6. The van der Waals surface area contributed by atoms with Crippen LogP contribution in [-0.4, -0.2) is 63.9 Å². The van der Waals surface area contributed by atoms with Gasteiger partial charge in [-0.2, -0.15) is 4.31 Å². The largest absolute Gasteiger partial charge is 0.379 e. The summed E-state index contributed by atoms with van der Waals surface area (Å²) in [6, 6.07) is 3.93. The summed E-state index contributed by atoms with van der Waals surface area (Å²) >= 11 is 6.01. The number of amides is 2. The second-order valence-electron chi connectivity index (χ2n) is 5.29. The number of halogens is 1. The number of hydrogen-bond acceptors (Lipinski definition) is 5. The quantitative estimate of drug-likeness (QED) is 0.724. The number of morpholine rings is 1. The molecule has 1 aliphatic heterocycles. The second-order valence-corrected chi connectivity index (χ2v) is 7.64. The third kappa shape index (κ3) is 4.91. The van der Waals surface area contributed by atoms with Crippen LogP contribution in [0.1, 0.15) is 17.3 Å². The van der Waals surface area contributed by atoms with Gasteiger partial charge in [-0.25, -0.2) is 8.42 Å². The molecule has 10 heteroatoms. The average Bonchev–Trinajstić information content (AvgIpc) is 2.61. The Kier molecular flexibility index (Phi) is 6.77. The zero-order chi connectivity index (χ0) is 18.4. The summed E-state index contributed by atoms with van der Waals surface area (Å²) < 4.78 is 31.8. The van der Waals surface area contributed by atoms with E-state index < -0.39 is 15.9 Å². The molecule has 0 saturated carbocycles. The number of benzene rings is 1. The standard InChI is InChI=1S/C15H20ClN3O5S/c1-2-17-14(20)10-18-15(21)12-9-11(3-4-13(12)16)25(22,23)19-5-7-24-8-6-19/h3-4,9H,2,5-8,10H2,1H3,(H,17,20)(H,18,21). The summed E-state index contributed by atoms with van der Waals surface area (Å²) in [5, 5.41) is 5.07. The van der Waals surface area contributed by atoms with E-state index in [4.69, 9.17) is 16.3 Å². The molecule has 0 atom stereocenters. The zero-order valence-electron chi connectivity index (χ0n) is 13.7. The van der Waals surface area contributed by atoms with Crippen LogP contribution in [0.5, 0.6) is 0 Å². The van der Waals surface area contributed by atoms with Gasteiger partial charge in [0.05, 0.1) is 35.2 Å². The van der Waals surface area contributed by atoms with Crippen LogP contribution in [0.25, 0.3) is 0 Å². The highest BCUT2D eigenvalue weighted by Crippen LogP contribution is 2.23. The van der Waals surface area contributed by atoms with Gasteiger partial charge in [0.15, 0.2) is 0 Å². The molecule has 138 valence electrons.